The van der Waals surface area contributed by atoms with Crippen LogP contribution >= 0.6 is 0 Å². The van der Waals surface area contributed by atoms with Gasteiger partial charge >= 0.3 is 0 Å². The van der Waals surface area contributed by atoms with Crippen molar-refractivity contribution in [1.82, 2.24) is 14.8 Å². The second kappa shape index (κ2) is 9.66. The number of nitrogens with zero attached hydrogens (tertiary/aromatic N) is 3. The Morgan fingerprint density at radius 2 is 1.80 bits per heavy atom. The molecule has 2 aliphatic rings. The summed E-state index contributed by atoms with van der Waals surface area (Å²) in [6.45, 7) is 3.53. The number of carbonyl (C=O) groups is 1. The predicted molar refractivity (Wildman–Crippen MR) is 131 cm³/mol. The Morgan fingerprint density at radius 3 is 2.54 bits per heavy atom. The summed E-state index contributed by atoms with van der Waals surface area (Å²) in [7, 11) is 3.25. The summed E-state index contributed by atoms with van der Waals surface area (Å²) in [4.78, 5) is 22.3. The van der Waals surface area contributed by atoms with E-state index in [1.54, 1.807) is 26.5 Å². The van der Waals surface area contributed by atoms with Crippen LogP contribution in [0.15, 0.2) is 54.7 Å². The lowest BCUT2D eigenvalue weighted by molar-refractivity contribution is -0.140. The van der Waals surface area contributed by atoms with E-state index in [2.05, 4.69) is 28.9 Å². The average molecular weight is 476 g/mol. The largest absolute Gasteiger partial charge is 0.493 e. The third-order valence-electron chi connectivity index (χ3n) is 7.29. The fraction of sp³-hybridized carbons (Fsp3) is 0.357. The Kier molecular flexibility index (Phi) is 6.43. The molecule has 0 unspecified atom stereocenters. The highest BCUT2D eigenvalue weighted by Crippen LogP contribution is 2.39. The van der Waals surface area contributed by atoms with Gasteiger partial charge in [0.1, 0.15) is 5.82 Å². The molecule has 2 atom stereocenters. The van der Waals surface area contributed by atoms with Crippen molar-refractivity contribution in [3.63, 3.8) is 0 Å². The number of carbonyl (C=O) groups excluding carboxylic acids is 1. The Balaban J connectivity index is 1.46. The molecule has 3 heterocycles. The monoisotopic (exact) mass is 475 g/mol. The number of aromatic nitrogens is 1. The number of amides is 1. The minimum Gasteiger partial charge on any atom is -0.493 e. The highest BCUT2D eigenvalue weighted by Gasteiger charge is 2.38. The number of pyridine rings is 1. The molecule has 0 bridgehead atoms. The van der Waals surface area contributed by atoms with Crippen LogP contribution in [0.25, 0.3) is 0 Å². The first kappa shape index (κ1) is 23.3. The summed E-state index contributed by atoms with van der Waals surface area (Å²) in [5.74, 6) is 1.07. The second-order valence-corrected chi connectivity index (χ2v) is 9.19. The number of hydrogen-bond donors (Lipinski definition) is 0. The van der Waals surface area contributed by atoms with Crippen molar-refractivity contribution >= 4 is 5.91 Å². The van der Waals surface area contributed by atoms with Crippen LogP contribution in [0.2, 0.25) is 0 Å². The van der Waals surface area contributed by atoms with Gasteiger partial charge in [-0.1, -0.05) is 24.3 Å². The first-order chi connectivity index (χ1) is 17.0. The van der Waals surface area contributed by atoms with E-state index in [0.717, 1.165) is 12.0 Å². The van der Waals surface area contributed by atoms with Gasteiger partial charge in [-0.05, 0) is 66.3 Å². The lowest BCUT2D eigenvalue weighted by Crippen LogP contribution is -2.53. The summed E-state index contributed by atoms with van der Waals surface area (Å²) < 4.78 is 25.5. The maximum atomic E-state index is 14.5. The number of hydrogen-bond acceptors (Lipinski definition) is 5. The minimum absolute atomic E-state index is 0.0591. The molecule has 0 N–H and O–H groups in total. The number of halogens is 1. The standard InChI is InChI=1S/C28H30FN3O3/c1-18-22-15-27(35-3)26(34-2)14-20(22)10-12-32(18)28(33)25-13-19-7-4-5-8-21(19)16-31(25)17-24-23(29)9-6-11-30-24/h4-9,11,14-15,18,25H,10,12-13,16-17H2,1-3H3/t18-,25+/m1/s1. The molecular formula is C28H30FN3O3. The summed E-state index contributed by atoms with van der Waals surface area (Å²) >= 11 is 0. The van der Waals surface area contributed by atoms with Crippen molar-refractivity contribution in [3.8, 4) is 11.5 Å². The summed E-state index contributed by atoms with van der Waals surface area (Å²) in [6.07, 6.45) is 2.92. The summed E-state index contributed by atoms with van der Waals surface area (Å²) in [5.41, 5.74) is 4.93. The first-order valence-electron chi connectivity index (χ1n) is 12.0. The van der Waals surface area contributed by atoms with Gasteiger partial charge in [0.25, 0.3) is 0 Å². The molecular weight excluding hydrogens is 445 g/mol. The van der Waals surface area contributed by atoms with Gasteiger partial charge in [-0.2, -0.15) is 0 Å². The fourth-order valence-corrected chi connectivity index (χ4v) is 5.35. The van der Waals surface area contributed by atoms with Crippen molar-refractivity contribution in [2.24, 2.45) is 0 Å². The Labute approximate surface area is 205 Å². The van der Waals surface area contributed by atoms with Gasteiger partial charge in [0, 0.05) is 25.8 Å². The molecule has 7 heteroatoms. The SMILES string of the molecule is COc1cc2c(cc1OC)[C@@H](C)N(C(=O)[C@@H]1Cc3ccccc3CN1Cc1ncccc1F)CC2. The van der Waals surface area contributed by atoms with E-state index in [4.69, 9.17) is 9.47 Å². The first-order valence-corrected chi connectivity index (χ1v) is 12.0. The van der Waals surface area contributed by atoms with E-state index in [9.17, 15) is 9.18 Å². The normalized spacial score (nSPS) is 19.6. The van der Waals surface area contributed by atoms with Crippen LogP contribution in [0.5, 0.6) is 11.5 Å². The number of fused-ring (bicyclic) bond motifs is 2. The molecule has 0 radical (unpaired) electrons. The summed E-state index contributed by atoms with van der Waals surface area (Å²) in [6, 6.07) is 14.7. The van der Waals surface area contributed by atoms with E-state index in [1.807, 2.05) is 29.2 Å². The number of rotatable bonds is 5. The number of ether oxygens (including phenoxy) is 2. The van der Waals surface area contributed by atoms with Crippen LogP contribution in [-0.4, -0.2) is 47.5 Å². The maximum Gasteiger partial charge on any atom is 0.240 e. The van der Waals surface area contributed by atoms with Crippen LogP contribution in [0.4, 0.5) is 4.39 Å². The van der Waals surface area contributed by atoms with Gasteiger partial charge in [0.2, 0.25) is 5.91 Å². The molecule has 35 heavy (non-hydrogen) atoms. The van der Waals surface area contributed by atoms with Gasteiger partial charge in [-0.25, -0.2) is 4.39 Å². The summed E-state index contributed by atoms with van der Waals surface area (Å²) in [5, 5.41) is 0. The van der Waals surface area contributed by atoms with Crippen molar-refractivity contribution in [2.45, 2.75) is 44.9 Å². The lowest BCUT2D eigenvalue weighted by atomic mass is 9.89. The Bertz CT molecular complexity index is 1250. The van der Waals surface area contributed by atoms with Gasteiger partial charge < -0.3 is 14.4 Å². The topological polar surface area (TPSA) is 54.9 Å². The lowest BCUT2D eigenvalue weighted by Gasteiger charge is -2.42. The van der Waals surface area contributed by atoms with Crippen LogP contribution in [0.3, 0.4) is 0 Å². The number of benzene rings is 2. The van der Waals surface area contributed by atoms with Crippen molar-refractivity contribution < 1.29 is 18.7 Å². The van der Waals surface area contributed by atoms with Gasteiger partial charge in [-0.15, -0.1) is 0 Å². The molecule has 1 aromatic heterocycles. The number of methoxy groups -OCH3 is 2. The van der Waals surface area contributed by atoms with Crippen LogP contribution in [-0.2, 0) is 30.7 Å². The van der Waals surface area contributed by atoms with Crippen molar-refractivity contribution in [1.29, 1.82) is 0 Å². The minimum atomic E-state index is -0.393. The molecule has 2 aromatic carbocycles. The highest BCUT2D eigenvalue weighted by atomic mass is 19.1. The molecule has 5 rings (SSSR count). The van der Waals surface area contributed by atoms with E-state index in [-0.39, 0.29) is 24.3 Å². The molecule has 6 nitrogen and oxygen atoms in total. The molecule has 0 saturated carbocycles. The highest BCUT2D eigenvalue weighted by molar-refractivity contribution is 5.83. The molecule has 1 amide bonds. The van der Waals surface area contributed by atoms with E-state index in [1.165, 1.54) is 22.8 Å². The molecule has 3 aromatic rings. The Hall–Kier alpha value is -3.45. The predicted octanol–water partition coefficient (Wildman–Crippen LogP) is 4.31. The third-order valence-corrected chi connectivity index (χ3v) is 7.29. The van der Waals surface area contributed by atoms with E-state index < -0.39 is 6.04 Å². The van der Waals surface area contributed by atoms with E-state index >= 15 is 0 Å². The zero-order valence-corrected chi connectivity index (χ0v) is 20.3. The molecule has 2 aliphatic heterocycles. The van der Waals surface area contributed by atoms with Crippen molar-refractivity contribution in [3.05, 3.63) is 88.5 Å². The van der Waals surface area contributed by atoms with Gasteiger partial charge in [0.15, 0.2) is 11.5 Å². The quantitative estimate of drug-likeness (QED) is 0.551. The second-order valence-electron chi connectivity index (χ2n) is 9.19. The fourth-order valence-electron chi connectivity index (χ4n) is 5.35. The zero-order valence-electron chi connectivity index (χ0n) is 20.3. The van der Waals surface area contributed by atoms with Crippen molar-refractivity contribution in [2.75, 3.05) is 20.8 Å². The van der Waals surface area contributed by atoms with E-state index in [0.29, 0.717) is 36.7 Å². The Morgan fingerprint density at radius 1 is 1.06 bits per heavy atom. The average Bonchev–Trinajstić information content (AvgIpc) is 2.88. The third kappa shape index (κ3) is 4.36. The maximum absolute atomic E-state index is 14.5. The molecule has 0 spiro atoms. The van der Waals surface area contributed by atoms with Crippen LogP contribution in [0.1, 0.15) is 40.9 Å². The van der Waals surface area contributed by atoms with Gasteiger partial charge in [0.05, 0.1) is 32.0 Å². The zero-order chi connectivity index (χ0) is 24.5. The molecule has 0 saturated heterocycles. The molecule has 0 aliphatic carbocycles. The van der Waals surface area contributed by atoms with Gasteiger partial charge in [-0.3, -0.25) is 14.7 Å². The van der Waals surface area contributed by atoms with Crippen LogP contribution < -0.4 is 9.47 Å². The van der Waals surface area contributed by atoms with Crippen LogP contribution in [0, 0.1) is 5.82 Å². The molecule has 182 valence electrons. The molecule has 0 fully saturated rings. The smallest absolute Gasteiger partial charge is 0.240 e.